The van der Waals surface area contributed by atoms with E-state index in [0.29, 0.717) is 5.56 Å². The molecule has 142 valence electrons. The van der Waals surface area contributed by atoms with Crippen LogP contribution in [0.25, 0.3) is 6.08 Å². The van der Waals surface area contributed by atoms with Crippen molar-refractivity contribution in [1.82, 2.24) is 4.72 Å². The number of rotatable bonds is 7. The molecule has 0 aliphatic carbocycles. The van der Waals surface area contributed by atoms with E-state index in [9.17, 15) is 23.1 Å². The first-order valence-electron chi connectivity index (χ1n) is 8.23. The lowest BCUT2D eigenvalue weighted by atomic mass is 10.0. The molecule has 0 aromatic heterocycles. The summed E-state index contributed by atoms with van der Waals surface area (Å²) in [6.07, 6.45) is 3.14. The Kier molecular flexibility index (Phi) is 6.30. The number of benzene rings is 2. The SMILES string of the molecule is Cc1ccc(/C=C/C(=O)c2ccc(S(=O)(=O)N[C@@H](C)C(=O)[O-])cc2)c(C)c1. The Morgan fingerprint density at radius 3 is 2.26 bits per heavy atom. The fourth-order valence-electron chi connectivity index (χ4n) is 2.42. The summed E-state index contributed by atoms with van der Waals surface area (Å²) in [5.74, 6) is -1.79. The number of carboxylic acids is 1. The quantitative estimate of drug-likeness (QED) is 0.575. The number of carboxylic acid groups (broad SMARTS) is 1. The van der Waals surface area contributed by atoms with Crippen LogP contribution in [-0.2, 0) is 14.8 Å². The molecule has 2 aromatic carbocycles. The fraction of sp³-hybridized carbons (Fsp3) is 0.200. The summed E-state index contributed by atoms with van der Waals surface area (Å²) < 4.78 is 26.2. The highest BCUT2D eigenvalue weighted by Crippen LogP contribution is 2.15. The Bertz CT molecular complexity index is 992. The number of hydrogen-bond donors (Lipinski definition) is 1. The number of sulfonamides is 1. The minimum absolute atomic E-state index is 0.134. The van der Waals surface area contributed by atoms with Crippen LogP contribution in [0.1, 0.15) is 34.0 Å². The van der Waals surface area contributed by atoms with E-state index in [1.807, 2.05) is 36.8 Å². The van der Waals surface area contributed by atoms with E-state index in [1.165, 1.54) is 37.3 Å². The molecule has 0 fully saturated rings. The standard InChI is InChI=1S/C20H21NO5S/c1-13-4-5-16(14(2)12-13)8-11-19(22)17-6-9-18(10-7-17)27(25,26)21-15(3)20(23)24/h4-12,15,21H,1-3H3,(H,23,24)/p-1/b11-8+/t15-/m0/s1. The topological polar surface area (TPSA) is 103 Å². The number of carbonyl (C=O) groups is 2. The van der Waals surface area contributed by atoms with E-state index < -0.39 is 22.0 Å². The maximum absolute atomic E-state index is 12.3. The maximum Gasteiger partial charge on any atom is 0.241 e. The van der Waals surface area contributed by atoms with Crippen molar-refractivity contribution in [3.05, 3.63) is 70.8 Å². The van der Waals surface area contributed by atoms with Crippen LogP contribution in [0.15, 0.2) is 53.4 Å². The molecule has 0 saturated heterocycles. The van der Waals surface area contributed by atoms with Gasteiger partial charge < -0.3 is 9.90 Å². The predicted octanol–water partition coefficient (Wildman–Crippen LogP) is 1.62. The molecule has 1 atom stereocenters. The number of nitrogens with one attached hydrogen (secondary N) is 1. The summed E-state index contributed by atoms with van der Waals surface area (Å²) in [6.45, 7) is 5.11. The summed E-state index contributed by atoms with van der Waals surface area (Å²) in [6, 6.07) is 9.80. The molecule has 27 heavy (non-hydrogen) atoms. The highest BCUT2D eigenvalue weighted by Gasteiger charge is 2.18. The van der Waals surface area contributed by atoms with Crippen molar-refractivity contribution >= 4 is 27.9 Å². The van der Waals surface area contributed by atoms with Crippen molar-refractivity contribution in [3.8, 4) is 0 Å². The molecule has 1 N–H and O–H groups in total. The Balaban J connectivity index is 2.15. The smallest absolute Gasteiger partial charge is 0.241 e. The first-order valence-corrected chi connectivity index (χ1v) is 9.71. The van der Waals surface area contributed by atoms with Crippen LogP contribution in [0.3, 0.4) is 0 Å². The molecule has 0 aliphatic heterocycles. The van der Waals surface area contributed by atoms with Gasteiger partial charge in [0.15, 0.2) is 5.78 Å². The Morgan fingerprint density at radius 1 is 1.07 bits per heavy atom. The van der Waals surface area contributed by atoms with E-state index in [1.54, 1.807) is 6.08 Å². The molecular weight excluding hydrogens is 366 g/mol. The summed E-state index contributed by atoms with van der Waals surface area (Å²) in [7, 11) is -4.01. The normalized spacial score (nSPS) is 12.9. The summed E-state index contributed by atoms with van der Waals surface area (Å²) in [5.41, 5.74) is 3.43. The maximum atomic E-state index is 12.3. The molecule has 2 aromatic rings. The molecule has 0 amide bonds. The predicted molar refractivity (Wildman–Crippen MR) is 101 cm³/mol. The molecule has 0 saturated carbocycles. The molecular formula is C20H20NO5S-. The van der Waals surface area contributed by atoms with E-state index >= 15 is 0 Å². The van der Waals surface area contributed by atoms with Gasteiger partial charge >= 0.3 is 0 Å². The second kappa shape index (κ2) is 8.28. The number of allylic oxidation sites excluding steroid dienone is 1. The summed E-state index contributed by atoms with van der Waals surface area (Å²) in [5, 5.41) is 10.7. The van der Waals surface area contributed by atoms with Crippen molar-refractivity contribution in [2.45, 2.75) is 31.7 Å². The second-order valence-electron chi connectivity index (χ2n) is 6.24. The minimum atomic E-state index is -4.01. The summed E-state index contributed by atoms with van der Waals surface area (Å²) in [4.78, 5) is 22.8. The highest BCUT2D eigenvalue weighted by molar-refractivity contribution is 7.89. The molecule has 0 aliphatic rings. The zero-order valence-electron chi connectivity index (χ0n) is 15.2. The van der Waals surface area contributed by atoms with Gasteiger partial charge in [0.25, 0.3) is 0 Å². The van der Waals surface area contributed by atoms with Gasteiger partial charge in [0.05, 0.1) is 16.9 Å². The van der Waals surface area contributed by atoms with Crippen molar-refractivity contribution in [3.63, 3.8) is 0 Å². The van der Waals surface area contributed by atoms with Crippen molar-refractivity contribution in [1.29, 1.82) is 0 Å². The Hall–Kier alpha value is -2.77. The average molecular weight is 386 g/mol. The fourth-order valence-corrected chi connectivity index (χ4v) is 3.61. The van der Waals surface area contributed by atoms with Gasteiger partial charge in [-0.2, -0.15) is 0 Å². The number of carbonyl (C=O) groups excluding carboxylic acids is 2. The monoisotopic (exact) mass is 386 g/mol. The number of aryl methyl sites for hydroxylation is 2. The van der Waals surface area contributed by atoms with E-state index in [2.05, 4.69) is 0 Å². The minimum Gasteiger partial charge on any atom is -0.548 e. The third-order valence-corrected chi connectivity index (χ3v) is 5.53. The zero-order valence-corrected chi connectivity index (χ0v) is 16.0. The van der Waals surface area contributed by atoms with Crippen molar-refractivity contribution < 1.29 is 23.1 Å². The van der Waals surface area contributed by atoms with Gasteiger partial charge in [-0.1, -0.05) is 29.8 Å². The van der Waals surface area contributed by atoms with Crippen LogP contribution in [0.2, 0.25) is 0 Å². The number of ketones is 1. The molecule has 7 heteroatoms. The molecule has 0 unspecified atom stereocenters. The molecule has 0 bridgehead atoms. The first-order chi connectivity index (χ1) is 12.6. The van der Waals surface area contributed by atoms with E-state index in [-0.39, 0.29) is 10.7 Å². The third kappa shape index (κ3) is 5.35. The van der Waals surface area contributed by atoms with Crippen LogP contribution in [0.5, 0.6) is 0 Å². The van der Waals surface area contributed by atoms with Gasteiger partial charge in [0, 0.05) is 5.56 Å². The molecule has 0 radical (unpaired) electrons. The van der Waals surface area contributed by atoms with Crippen LogP contribution < -0.4 is 9.83 Å². The zero-order chi connectivity index (χ0) is 20.2. The van der Waals surface area contributed by atoms with Gasteiger partial charge in [-0.3, -0.25) is 4.79 Å². The lowest BCUT2D eigenvalue weighted by Crippen LogP contribution is -2.45. The Morgan fingerprint density at radius 2 is 1.70 bits per heavy atom. The van der Waals surface area contributed by atoms with Gasteiger partial charge in [-0.05, 0) is 62.2 Å². The molecule has 6 nitrogen and oxygen atoms in total. The van der Waals surface area contributed by atoms with Crippen molar-refractivity contribution in [2.24, 2.45) is 0 Å². The average Bonchev–Trinajstić information content (AvgIpc) is 2.60. The van der Waals surface area contributed by atoms with Gasteiger partial charge in [0.1, 0.15) is 0 Å². The van der Waals surface area contributed by atoms with Crippen LogP contribution >= 0.6 is 0 Å². The van der Waals surface area contributed by atoms with Gasteiger partial charge in [-0.15, -0.1) is 0 Å². The number of aliphatic carboxylic acids is 1. The highest BCUT2D eigenvalue weighted by atomic mass is 32.2. The molecule has 2 rings (SSSR count). The Labute approximate surface area is 158 Å². The largest absolute Gasteiger partial charge is 0.548 e. The van der Waals surface area contributed by atoms with E-state index in [4.69, 9.17) is 0 Å². The number of hydrogen-bond acceptors (Lipinski definition) is 5. The molecule has 0 spiro atoms. The molecule has 0 heterocycles. The van der Waals surface area contributed by atoms with Gasteiger partial charge in [0.2, 0.25) is 10.0 Å². The second-order valence-corrected chi connectivity index (χ2v) is 7.96. The van der Waals surface area contributed by atoms with Crippen molar-refractivity contribution in [2.75, 3.05) is 0 Å². The third-order valence-electron chi connectivity index (χ3n) is 3.97. The lowest BCUT2D eigenvalue weighted by Gasteiger charge is -2.14. The van der Waals surface area contributed by atoms with Crippen LogP contribution in [0, 0.1) is 13.8 Å². The summed E-state index contributed by atoms with van der Waals surface area (Å²) >= 11 is 0. The lowest BCUT2D eigenvalue weighted by molar-refractivity contribution is -0.307. The van der Waals surface area contributed by atoms with E-state index in [0.717, 1.165) is 16.7 Å². The van der Waals surface area contributed by atoms with Gasteiger partial charge in [-0.25, -0.2) is 13.1 Å². The van der Waals surface area contributed by atoms with Crippen LogP contribution in [-0.4, -0.2) is 26.2 Å². The first kappa shape index (κ1) is 20.5. The van der Waals surface area contributed by atoms with Crippen LogP contribution in [0.4, 0.5) is 0 Å².